The normalized spacial score (nSPS) is 17.5. The fourth-order valence-electron chi connectivity index (χ4n) is 4.68. The van der Waals surface area contributed by atoms with Gasteiger partial charge in [-0.3, -0.25) is 14.4 Å². The maximum Gasteiger partial charge on any atom is 0.274 e. The first-order valence-corrected chi connectivity index (χ1v) is 11.3. The summed E-state index contributed by atoms with van der Waals surface area (Å²) in [6.45, 7) is 9.21. The molecule has 1 aliphatic heterocycles. The van der Waals surface area contributed by atoms with E-state index in [1.54, 1.807) is 9.47 Å². The summed E-state index contributed by atoms with van der Waals surface area (Å²) in [6.07, 6.45) is 5.80. The van der Waals surface area contributed by atoms with E-state index in [0.29, 0.717) is 31.7 Å². The number of pyridine rings is 1. The van der Waals surface area contributed by atoms with Crippen molar-refractivity contribution >= 4 is 11.8 Å². The van der Waals surface area contributed by atoms with E-state index in [0.717, 1.165) is 25.7 Å². The molecule has 1 aliphatic carbocycles. The van der Waals surface area contributed by atoms with E-state index in [4.69, 9.17) is 0 Å². The average molecular weight is 418 g/mol. The number of rotatable bonds is 6. The SMILES string of the molecule is CC(C)CC(=O)N(Cc1cc(=O)c(O)c2n1CCN(C(C)C)C2=O)C1CCCCC1. The quantitative estimate of drug-likeness (QED) is 0.771. The molecule has 1 N–H and O–H groups in total. The van der Waals surface area contributed by atoms with Gasteiger partial charge in [-0.05, 0) is 32.6 Å². The lowest BCUT2D eigenvalue weighted by atomic mass is 9.93. The van der Waals surface area contributed by atoms with E-state index in [-0.39, 0.29) is 35.5 Å². The van der Waals surface area contributed by atoms with Crippen LogP contribution in [0.3, 0.4) is 0 Å². The van der Waals surface area contributed by atoms with Crippen LogP contribution in [0.5, 0.6) is 5.75 Å². The molecule has 0 unspecified atom stereocenters. The number of carbonyl (C=O) groups excluding carboxylic acids is 2. The van der Waals surface area contributed by atoms with E-state index in [1.165, 1.54) is 12.5 Å². The molecule has 166 valence electrons. The van der Waals surface area contributed by atoms with Crippen LogP contribution in [0, 0.1) is 5.92 Å². The smallest absolute Gasteiger partial charge is 0.274 e. The Labute approximate surface area is 178 Å². The average Bonchev–Trinajstić information content (AvgIpc) is 2.69. The zero-order valence-corrected chi connectivity index (χ0v) is 18.7. The van der Waals surface area contributed by atoms with Crippen molar-refractivity contribution in [3.8, 4) is 5.75 Å². The molecule has 0 radical (unpaired) electrons. The molecule has 0 spiro atoms. The van der Waals surface area contributed by atoms with Gasteiger partial charge in [0.2, 0.25) is 11.3 Å². The Kier molecular flexibility index (Phi) is 6.88. The third-order valence-corrected chi connectivity index (χ3v) is 6.27. The van der Waals surface area contributed by atoms with Crippen molar-refractivity contribution in [2.24, 2.45) is 5.92 Å². The third kappa shape index (κ3) is 4.55. The van der Waals surface area contributed by atoms with Gasteiger partial charge < -0.3 is 19.5 Å². The Morgan fingerprint density at radius 2 is 1.80 bits per heavy atom. The predicted octanol–water partition coefficient (Wildman–Crippen LogP) is 3.13. The maximum atomic E-state index is 13.1. The number of nitrogens with zero attached hydrogens (tertiary/aromatic N) is 3. The summed E-state index contributed by atoms with van der Waals surface area (Å²) in [7, 11) is 0. The molecular weight excluding hydrogens is 382 g/mol. The molecule has 2 heterocycles. The second-order valence-corrected chi connectivity index (χ2v) is 9.35. The van der Waals surface area contributed by atoms with Gasteiger partial charge in [0.05, 0.1) is 6.54 Å². The molecule has 0 bridgehead atoms. The van der Waals surface area contributed by atoms with Gasteiger partial charge in [-0.25, -0.2) is 0 Å². The second-order valence-electron chi connectivity index (χ2n) is 9.35. The molecule has 0 aromatic carbocycles. The van der Waals surface area contributed by atoms with E-state index in [2.05, 4.69) is 0 Å². The van der Waals surface area contributed by atoms with Crippen molar-refractivity contribution in [1.29, 1.82) is 0 Å². The molecule has 1 saturated carbocycles. The first-order valence-electron chi connectivity index (χ1n) is 11.3. The summed E-state index contributed by atoms with van der Waals surface area (Å²) in [4.78, 5) is 42.2. The first-order chi connectivity index (χ1) is 14.2. The summed E-state index contributed by atoms with van der Waals surface area (Å²) < 4.78 is 1.75. The summed E-state index contributed by atoms with van der Waals surface area (Å²) in [5.41, 5.74) is 0.125. The molecule has 0 saturated heterocycles. The number of aromatic hydroxyl groups is 1. The van der Waals surface area contributed by atoms with Crippen LogP contribution in [0.1, 0.15) is 82.4 Å². The van der Waals surface area contributed by atoms with Crippen molar-refractivity contribution in [3.63, 3.8) is 0 Å². The van der Waals surface area contributed by atoms with Crippen molar-refractivity contribution < 1.29 is 14.7 Å². The van der Waals surface area contributed by atoms with Crippen LogP contribution >= 0.6 is 0 Å². The summed E-state index contributed by atoms with van der Waals surface area (Å²) in [5, 5.41) is 10.4. The zero-order chi connectivity index (χ0) is 22.0. The zero-order valence-electron chi connectivity index (χ0n) is 18.7. The van der Waals surface area contributed by atoms with Crippen molar-refractivity contribution in [1.82, 2.24) is 14.4 Å². The van der Waals surface area contributed by atoms with Gasteiger partial charge in [0.25, 0.3) is 5.91 Å². The minimum Gasteiger partial charge on any atom is -0.503 e. The minimum absolute atomic E-state index is 0.0178. The maximum absolute atomic E-state index is 13.1. The van der Waals surface area contributed by atoms with Crippen molar-refractivity contribution in [2.45, 2.75) is 91.4 Å². The van der Waals surface area contributed by atoms with Gasteiger partial charge in [0.1, 0.15) is 0 Å². The van der Waals surface area contributed by atoms with E-state index >= 15 is 0 Å². The number of aromatic nitrogens is 1. The summed E-state index contributed by atoms with van der Waals surface area (Å²) in [6, 6.07) is 1.54. The molecule has 30 heavy (non-hydrogen) atoms. The molecular formula is C23H35N3O4. The fraction of sp³-hybridized carbons (Fsp3) is 0.696. The number of amides is 2. The van der Waals surface area contributed by atoms with Crippen LogP contribution in [0.25, 0.3) is 0 Å². The standard InChI is InChI=1S/C23H35N3O4/c1-15(2)12-20(28)26(17-8-6-5-7-9-17)14-18-13-19(27)22(29)21-23(30)24(16(3)4)10-11-25(18)21/h13,15-17,29H,5-12,14H2,1-4H3. The highest BCUT2D eigenvalue weighted by atomic mass is 16.3. The number of fused-ring (bicyclic) bond motifs is 1. The number of hydrogen-bond donors (Lipinski definition) is 1. The monoisotopic (exact) mass is 417 g/mol. The lowest BCUT2D eigenvalue weighted by molar-refractivity contribution is -0.135. The summed E-state index contributed by atoms with van der Waals surface area (Å²) >= 11 is 0. The second kappa shape index (κ2) is 9.23. The first kappa shape index (κ1) is 22.4. The third-order valence-electron chi connectivity index (χ3n) is 6.27. The predicted molar refractivity (Wildman–Crippen MR) is 115 cm³/mol. The van der Waals surface area contributed by atoms with Crippen LogP contribution in [0.4, 0.5) is 0 Å². The van der Waals surface area contributed by atoms with Gasteiger partial charge in [-0.15, -0.1) is 0 Å². The highest BCUT2D eigenvalue weighted by Crippen LogP contribution is 2.28. The molecule has 2 aliphatic rings. The van der Waals surface area contributed by atoms with Crippen LogP contribution in [-0.4, -0.2) is 49.9 Å². The fourth-order valence-corrected chi connectivity index (χ4v) is 4.68. The van der Waals surface area contributed by atoms with Gasteiger partial charge in [0.15, 0.2) is 11.4 Å². The van der Waals surface area contributed by atoms with Crippen LogP contribution in [0.15, 0.2) is 10.9 Å². The van der Waals surface area contributed by atoms with Crippen LogP contribution in [-0.2, 0) is 17.9 Å². The van der Waals surface area contributed by atoms with Gasteiger partial charge in [-0.2, -0.15) is 0 Å². The largest absolute Gasteiger partial charge is 0.503 e. The highest BCUT2D eigenvalue weighted by Gasteiger charge is 2.33. The van der Waals surface area contributed by atoms with Gasteiger partial charge in [0, 0.05) is 43.4 Å². The topological polar surface area (TPSA) is 82.8 Å². The molecule has 3 rings (SSSR count). The Morgan fingerprint density at radius 3 is 2.40 bits per heavy atom. The Morgan fingerprint density at radius 1 is 1.13 bits per heavy atom. The van der Waals surface area contributed by atoms with Crippen LogP contribution < -0.4 is 5.43 Å². The molecule has 1 aromatic rings. The molecule has 0 atom stereocenters. The van der Waals surface area contributed by atoms with Crippen LogP contribution in [0.2, 0.25) is 0 Å². The number of carbonyl (C=O) groups is 2. The Bertz CT molecular complexity index is 853. The van der Waals surface area contributed by atoms with E-state index in [1.807, 2.05) is 32.6 Å². The van der Waals surface area contributed by atoms with Gasteiger partial charge >= 0.3 is 0 Å². The molecule has 7 heteroatoms. The lowest BCUT2D eigenvalue weighted by Gasteiger charge is -2.38. The summed E-state index contributed by atoms with van der Waals surface area (Å²) in [5.74, 6) is -0.476. The highest BCUT2D eigenvalue weighted by molar-refractivity contribution is 5.96. The Balaban J connectivity index is 1.99. The minimum atomic E-state index is -0.560. The van der Waals surface area contributed by atoms with Crippen molar-refractivity contribution in [3.05, 3.63) is 27.7 Å². The van der Waals surface area contributed by atoms with E-state index in [9.17, 15) is 19.5 Å². The van der Waals surface area contributed by atoms with E-state index < -0.39 is 11.2 Å². The molecule has 2 amide bonds. The Hall–Kier alpha value is -2.31. The molecule has 1 aromatic heterocycles. The number of hydrogen-bond acceptors (Lipinski definition) is 4. The molecule has 1 fully saturated rings. The van der Waals surface area contributed by atoms with Crippen molar-refractivity contribution in [2.75, 3.05) is 6.54 Å². The lowest BCUT2D eigenvalue weighted by Crippen LogP contribution is -2.47. The van der Waals surface area contributed by atoms with Gasteiger partial charge in [-0.1, -0.05) is 33.1 Å². The molecule has 7 nitrogen and oxygen atoms in total.